The van der Waals surface area contributed by atoms with E-state index in [4.69, 9.17) is 5.84 Å². The van der Waals surface area contributed by atoms with Crippen LogP contribution in [0.4, 0.5) is 4.39 Å². The Morgan fingerprint density at radius 2 is 2.31 bits per heavy atom. The van der Waals surface area contributed by atoms with Gasteiger partial charge < -0.3 is 5.43 Å². The van der Waals surface area contributed by atoms with E-state index in [1.807, 2.05) is 0 Å². The van der Waals surface area contributed by atoms with Crippen molar-refractivity contribution in [1.82, 2.24) is 5.43 Å². The fourth-order valence-corrected chi connectivity index (χ4v) is 1.48. The van der Waals surface area contributed by atoms with Crippen molar-refractivity contribution in [2.24, 2.45) is 10.8 Å². The van der Waals surface area contributed by atoms with E-state index in [0.29, 0.717) is 10.3 Å². The summed E-state index contributed by atoms with van der Waals surface area (Å²) in [6.45, 7) is 0. The summed E-state index contributed by atoms with van der Waals surface area (Å²) < 4.78 is 13.3. The summed E-state index contributed by atoms with van der Waals surface area (Å²) in [6, 6.07) is 4.31. The van der Waals surface area contributed by atoms with E-state index in [2.05, 4.69) is 26.3 Å². The number of hydrogen-bond acceptors (Lipinski definition) is 2. The maximum absolute atomic E-state index is 12.7. The number of amidine groups is 1. The van der Waals surface area contributed by atoms with Crippen molar-refractivity contribution >= 4 is 21.8 Å². The summed E-state index contributed by atoms with van der Waals surface area (Å²) in [5, 5.41) is 0. The third kappa shape index (κ3) is 2.26. The fourth-order valence-electron chi connectivity index (χ4n) is 0.944. The summed E-state index contributed by atoms with van der Waals surface area (Å²) in [7, 11) is 1.60. The maximum atomic E-state index is 12.7. The minimum Gasteiger partial charge on any atom is -0.308 e. The first kappa shape index (κ1) is 10.1. The molecule has 3 nitrogen and oxygen atoms in total. The molecule has 0 aliphatic heterocycles. The van der Waals surface area contributed by atoms with Gasteiger partial charge in [0.15, 0.2) is 0 Å². The summed E-state index contributed by atoms with van der Waals surface area (Å²) >= 11 is 3.21. The van der Waals surface area contributed by atoms with Crippen molar-refractivity contribution in [3.8, 4) is 0 Å². The highest BCUT2D eigenvalue weighted by atomic mass is 79.9. The van der Waals surface area contributed by atoms with Crippen LogP contribution in [0.3, 0.4) is 0 Å². The Kier molecular flexibility index (Phi) is 3.39. The molecule has 0 bridgehead atoms. The van der Waals surface area contributed by atoms with Gasteiger partial charge in [0.1, 0.15) is 11.7 Å². The molecule has 0 heterocycles. The first-order valence-corrected chi connectivity index (χ1v) is 4.37. The van der Waals surface area contributed by atoms with Crippen LogP contribution in [0.1, 0.15) is 5.56 Å². The maximum Gasteiger partial charge on any atom is 0.143 e. The van der Waals surface area contributed by atoms with E-state index < -0.39 is 0 Å². The Morgan fingerprint density at radius 3 is 2.77 bits per heavy atom. The van der Waals surface area contributed by atoms with Gasteiger partial charge in [-0.15, -0.1) is 0 Å². The van der Waals surface area contributed by atoms with Crippen LogP contribution in [0, 0.1) is 5.82 Å². The van der Waals surface area contributed by atoms with Crippen LogP contribution in [0.25, 0.3) is 0 Å². The third-order valence-corrected chi connectivity index (χ3v) is 2.20. The number of rotatable bonds is 1. The molecule has 0 fully saturated rings. The molecular formula is C8H9BrFN3. The topological polar surface area (TPSA) is 50.4 Å². The molecule has 0 aliphatic carbocycles. The van der Waals surface area contributed by atoms with E-state index in [-0.39, 0.29) is 5.82 Å². The smallest absolute Gasteiger partial charge is 0.143 e. The highest BCUT2D eigenvalue weighted by Gasteiger charge is 2.06. The summed E-state index contributed by atoms with van der Waals surface area (Å²) in [4.78, 5) is 3.90. The van der Waals surface area contributed by atoms with Crippen LogP contribution in [0.2, 0.25) is 0 Å². The van der Waals surface area contributed by atoms with E-state index in [9.17, 15) is 4.39 Å². The van der Waals surface area contributed by atoms with Gasteiger partial charge in [0.2, 0.25) is 0 Å². The number of aliphatic imine (C=N–C) groups is 1. The van der Waals surface area contributed by atoms with E-state index in [1.165, 1.54) is 12.1 Å². The van der Waals surface area contributed by atoms with Crippen molar-refractivity contribution < 1.29 is 4.39 Å². The lowest BCUT2D eigenvalue weighted by Gasteiger charge is -2.06. The molecule has 1 aromatic carbocycles. The number of halogens is 2. The summed E-state index contributed by atoms with van der Waals surface area (Å²) in [5.41, 5.74) is 3.15. The van der Waals surface area contributed by atoms with Crippen LogP contribution in [-0.2, 0) is 0 Å². The van der Waals surface area contributed by atoms with Gasteiger partial charge in [-0.25, -0.2) is 10.2 Å². The molecule has 3 N–H and O–H groups in total. The lowest BCUT2D eigenvalue weighted by molar-refractivity contribution is 0.627. The minimum atomic E-state index is -0.303. The largest absolute Gasteiger partial charge is 0.308 e. The predicted molar refractivity (Wildman–Crippen MR) is 53.9 cm³/mol. The van der Waals surface area contributed by atoms with Gasteiger partial charge >= 0.3 is 0 Å². The average Bonchev–Trinajstić information content (AvgIpc) is 2.10. The predicted octanol–water partition coefficient (Wildman–Crippen LogP) is 1.43. The zero-order valence-electron chi connectivity index (χ0n) is 7.01. The van der Waals surface area contributed by atoms with Crippen LogP contribution in [0.15, 0.2) is 27.7 Å². The van der Waals surface area contributed by atoms with Crippen molar-refractivity contribution in [3.05, 3.63) is 34.1 Å². The van der Waals surface area contributed by atoms with Crippen molar-refractivity contribution in [2.75, 3.05) is 7.05 Å². The number of nitrogens with zero attached hydrogens (tertiary/aromatic N) is 1. The standard InChI is InChI=1S/C8H9BrFN3/c1-12-8(13-11)6-3-2-5(10)4-7(6)9/h2-4H,11H2,1H3,(H,12,13). The molecule has 1 aromatic rings. The van der Waals surface area contributed by atoms with Crippen LogP contribution >= 0.6 is 15.9 Å². The third-order valence-electron chi connectivity index (χ3n) is 1.55. The molecule has 70 valence electrons. The number of nitrogens with two attached hydrogens (primary N) is 1. The van der Waals surface area contributed by atoms with Gasteiger partial charge in [-0.05, 0) is 34.1 Å². The quantitative estimate of drug-likeness (QED) is 0.341. The molecule has 0 amide bonds. The van der Waals surface area contributed by atoms with Gasteiger partial charge in [0.05, 0.1) is 0 Å². The SMILES string of the molecule is CN=C(NN)c1ccc(F)cc1Br. The van der Waals surface area contributed by atoms with Gasteiger partial charge in [-0.1, -0.05) is 0 Å². The Hall–Kier alpha value is -0.940. The van der Waals surface area contributed by atoms with Gasteiger partial charge in [0.25, 0.3) is 0 Å². The second kappa shape index (κ2) is 4.34. The highest BCUT2D eigenvalue weighted by molar-refractivity contribution is 9.10. The second-order valence-corrected chi connectivity index (χ2v) is 3.20. The van der Waals surface area contributed by atoms with E-state index in [0.717, 1.165) is 5.56 Å². The molecule has 0 aromatic heterocycles. The summed E-state index contributed by atoms with van der Waals surface area (Å²) in [5.74, 6) is 5.43. The molecule has 0 aliphatic rings. The van der Waals surface area contributed by atoms with Gasteiger partial charge in [-0.3, -0.25) is 4.99 Å². The van der Waals surface area contributed by atoms with Crippen molar-refractivity contribution in [1.29, 1.82) is 0 Å². The zero-order chi connectivity index (χ0) is 9.84. The second-order valence-electron chi connectivity index (χ2n) is 2.34. The first-order valence-electron chi connectivity index (χ1n) is 3.58. The van der Waals surface area contributed by atoms with Crippen molar-refractivity contribution in [3.63, 3.8) is 0 Å². The van der Waals surface area contributed by atoms with Crippen molar-refractivity contribution in [2.45, 2.75) is 0 Å². The average molecular weight is 246 g/mol. The normalized spacial score (nSPS) is 11.5. The Labute approximate surface area is 83.9 Å². The Morgan fingerprint density at radius 1 is 1.62 bits per heavy atom. The first-order chi connectivity index (χ1) is 6.19. The van der Waals surface area contributed by atoms with Gasteiger partial charge in [-0.2, -0.15) is 0 Å². The molecule has 0 radical (unpaired) electrons. The molecular weight excluding hydrogens is 237 g/mol. The molecule has 5 heteroatoms. The number of benzene rings is 1. The highest BCUT2D eigenvalue weighted by Crippen LogP contribution is 2.17. The lowest BCUT2D eigenvalue weighted by Crippen LogP contribution is -2.31. The van der Waals surface area contributed by atoms with Crippen LogP contribution in [0.5, 0.6) is 0 Å². The minimum absolute atomic E-state index is 0.303. The summed E-state index contributed by atoms with van der Waals surface area (Å²) in [6.07, 6.45) is 0. The molecule has 0 saturated heterocycles. The molecule has 1 rings (SSSR count). The lowest BCUT2D eigenvalue weighted by atomic mass is 10.2. The Balaban J connectivity index is 3.15. The molecule has 0 unspecified atom stereocenters. The molecule has 0 spiro atoms. The number of hydrazine groups is 1. The monoisotopic (exact) mass is 245 g/mol. The number of hydrogen-bond donors (Lipinski definition) is 2. The van der Waals surface area contributed by atoms with E-state index in [1.54, 1.807) is 13.1 Å². The van der Waals surface area contributed by atoms with Crippen LogP contribution in [-0.4, -0.2) is 12.9 Å². The Bertz CT molecular complexity index is 338. The fraction of sp³-hybridized carbons (Fsp3) is 0.125. The van der Waals surface area contributed by atoms with Gasteiger partial charge in [0, 0.05) is 17.1 Å². The molecule has 0 atom stereocenters. The zero-order valence-corrected chi connectivity index (χ0v) is 8.60. The van der Waals surface area contributed by atoms with E-state index >= 15 is 0 Å². The number of nitrogens with one attached hydrogen (secondary N) is 1. The molecule has 0 saturated carbocycles. The molecule has 13 heavy (non-hydrogen) atoms. The van der Waals surface area contributed by atoms with Crippen LogP contribution < -0.4 is 11.3 Å².